The van der Waals surface area contributed by atoms with Crippen LogP contribution in [0.4, 0.5) is 0 Å². The van der Waals surface area contributed by atoms with Gasteiger partial charge in [-0.3, -0.25) is 0 Å². The summed E-state index contributed by atoms with van der Waals surface area (Å²) in [5.41, 5.74) is 0.0463. The Balaban J connectivity index is 0. The smallest absolute Gasteiger partial charge is 0.331 e. The molecule has 0 aliphatic carbocycles. The fourth-order valence-corrected chi connectivity index (χ4v) is 0.444. The van der Waals surface area contributed by atoms with E-state index >= 15 is 0 Å². The Morgan fingerprint density at radius 1 is 1.43 bits per heavy atom. The number of aliphatic hydroxyl groups excluding tert-OH is 1. The lowest BCUT2D eigenvalue weighted by Crippen LogP contribution is -2.07. The van der Waals surface area contributed by atoms with E-state index in [2.05, 4.69) is 13.2 Å². The third kappa shape index (κ3) is 13.0. The summed E-state index contributed by atoms with van der Waals surface area (Å²) in [5, 5.41) is 24.5. The zero-order valence-electron chi connectivity index (χ0n) is 7.93. The molecule has 14 heavy (non-hydrogen) atoms. The standard InChI is InChI=1S/C6H10O3.C3H4O2/c1-4(6(8)9)3-5(2)7;1-2-3(4)5/h5,7H,1,3H2,2H3,(H,8,9);2H,1H2,(H,4,5). The average Bonchev–Trinajstić information content (AvgIpc) is 2.04. The van der Waals surface area contributed by atoms with E-state index in [1.54, 1.807) is 0 Å². The van der Waals surface area contributed by atoms with Crippen LogP contribution in [0.25, 0.3) is 0 Å². The molecular weight excluding hydrogens is 188 g/mol. The molecule has 0 aromatic carbocycles. The molecule has 80 valence electrons. The largest absolute Gasteiger partial charge is 0.478 e. The van der Waals surface area contributed by atoms with Gasteiger partial charge in [0.1, 0.15) is 0 Å². The lowest BCUT2D eigenvalue weighted by molar-refractivity contribution is -0.133. The van der Waals surface area contributed by atoms with Crippen molar-refractivity contribution in [1.29, 1.82) is 0 Å². The molecule has 0 heterocycles. The van der Waals surface area contributed by atoms with Gasteiger partial charge in [-0.2, -0.15) is 0 Å². The van der Waals surface area contributed by atoms with Gasteiger partial charge in [0.2, 0.25) is 0 Å². The minimum absolute atomic E-state index is 0.0463. The Morgan fingerprint density at radius 2 is 1.79 bits per heavy atom. The van der Waals surface area contributed by atoms with Gasteiger partial charge >= 0.3 is 11.9 Å². The molecule has 0 aliphatic rings. The van der Waals surface area contributed by atoms with Crippen molar-refractivity contribution in [2.45, 2.75) is 19.4 Å². The number of carbonyl (C=O) groups is 2. The minimum atomic E-state index is -1.05. The summed E-state index contributed by atoms with van der Waals surface area (Å²) in [7, 11) is 0. The second kappa shape index (κ2) is 8.00. The number of rotatable bonds is 4. The van der Waals surface area contributed by atoms with Crippen molar-refractivity contribution in [3.05, 3.63) is 24.8 Å². The fourth-order valence-electron chi connectivity index (χ4n) is 0.444. The van der Waals surface area contributed by atoms with Gasteiger partial charge in [0.05, 0.1) is 6.10 Å². The predicted molar refractivity (Wildman–Crippen MR) is 50.9 cm³/mol. The first-order valence-electron chi connectivity index (χ1n) is 3.75. The summed E-state index contributed by atoms with van der Waals surface area (Å²) in [6.07, 6.45) is 0.351. The molecule has 0 amide bonds. The SMILES string of the molecule is C=C(CC(C)O)C(=O)O.C=CC(=O)O. The average molecular weight is 202 g/mol. The van der Waals surface area contributed by atoms with Crippen LogP contribution in [0.5, 0.6) is 0 Å². The number of hydrogen-bond acceptors (Lipinski definition) is 3. The molecule has 0 aliphatic heterocycles. The van der Waals surface area contributed by atoms with Crippen molar-refractivity contribution in [1.82, 2.24) is 0 Å². The first-order chi connectivity index (χ1) is 6.31. The van der Waals surface area contributed by atoms with Crippen LogP contribution in [-0.2, 0) is 9.59 Å². The molecule has 0 radical (unpaired) electrons. The van der Waals surface area contributed by atoms with E-state index in [0.29, 0.717) is 0 Å². The quantitative estimate of drug-likeness (QED) is 0.582. The summed E-state index contributed by atoms with van der Waals surface area (Å²) in [6, 6.07) is 0. The van der Waals surface area contributed by atoms with E-state index in [1.165, 1.54) is 6.92 Å². The highest BCUT2D eigenvalue weighted by molar-refractivity contribution is 5.85. The Bertz CT molecular complexity index is 229. The molecule has 0 aromatic heterocycles. The lowest BCUT2D eigenvalue weighted by atomic mass is 10.1. The van der Waals surface area contributed by atoms with Crippen LogP contribution in [0, 0.1) is 0 Å². The predicted octanol–water partition coefficient (Wildman–Crippen LogP) is 0.655. The summed E-state index contributed by atoms with van der Waals surface area (Å²) in [6.45, 7) is 7.72. The monoisotopic (exact) mass is 202 g/mol. The molecule has 0 fully saturated rings. The molecule has 0 saturated heterocycles. The van der Waals surface area contributed by atoms with Crippen LogP contribution in [0.3, 0.4) is 0 Å². The molecule has 0 bridgehead atoms. The minimum Gasteiger partial charge on any atom is -0.478 e. The molecule has 0 aromatic rings. The number of aliphatic hydroxyl groups is 1. The Morgan fingerprint density at radius 3 is 1.86 bits per heavy atom. The van der Waals surface area contributed by atoms with Crippen LogP contribution in [0.2, 0.25) is 0 Å². The molecular formula is C9H14O5. The fraction of sp³-hybridized carbons (Fsp3) is 0.333. The highest BCUT2D eigenvalue weighted by Gasteiger charge is 2.05. The molecule has 0 spiro atoms. The Kier molecular flexibility index (Phi) is 8.50. The van der Waals surface area contributed by atoms with Crippen molar-refractivity contribution in [2.24, 2.45) is 0 Å². The molecule has 3 N–H and O–H groups in total. The lowest BCUT2D eigenvalue weighted by Gasteiger charge is -2.01. The van der Waals surface area contributed by atoms with Gasteiger partial charge in [0, 0.05) is 18.1 Å². The summed E-state index contributed by atoms with van der Waals surface area (Å²) in [5.74, 6) is -2.03. The van der Waals surface area contributed by atoms with Gasteiger partial charge in [0.15, 0.2) is 0 Å². The van der Waals surface area contributed by atoms with Gasteiger partial charge < -0.3 is 15.3 Å². The van der Waals surface area contributed by atoms with Crippen LogP contribution in [-0.4, -0.2) is 33.4 Å². The number of carboxylic acid groups (broad SMARTS) is 2. The van der Waals surface area contributed by atoms with Crippen molar-refractivity contribution in [3.8, 4) is 0 Å². The zero-order valence-corrected chi connectivity index (χ0v) is 7.93. The maximum Gasteiger partial charge on any atom is 0.331 e. The van der Waals surface area contributed by atoms with Gasteiger partial charge in [-0.05, 0) is 6.92 Å². The molecule has 1 atom stereocenters. The van der Waals surface area contributed by atoms with E-state index < -0.39 is 18.0 Å². The summed E-state index contributed by atoms with van der Waals surface area (Å²) >= 11 is 0. The van der Waals surface area contributed by atoms with Crippen molar-refractivity contribution in [3.63, 3.8) is 0 Å². The van der Waals surface area contributed by atoms with E-state index in [0.717, 1.165) is 6.08 Å². The van der Waals surface area contributed by atoms with E-state index in [1.807, 2.05) is 0 Å². The van der Waals surface area contributed by atoms with E-state index in [9.17, 15) is 9.59 Å². The van der Waals surface area contributed by atoms with Crippen molar-refractivity contribution in [2.75, 3.05) is 0 Å². The maximum atomic E-state index is 10.0. The highest BCUT2D eigenvalue weighted by atomic mass is 16.4. The Hall–Kier alpha value is -1.62. The van der Waals surface area contributed by atoms with E-state index in [4.69, 9.17) is 15.3 Å². The van der Waals surface area contributed by atoms with Gasteiger partial charge in [-0.15, -0.1) is 0 Å². The Labute approximate surface area is 82.0 Å². The second-order valence-corrected chi connectivity index (χ2v) is 2.50. The first kappa shape index (κ1) is 14.9. The second-order valence-electron chi connectivity index (χ2n) is 2.50. The third-order valence-corrected chi connectivity index (χ3v) is 1.02. The first-order valence-corrected chi connectivity index (χ1v) is 3.75. The van der Waals surface area contributed by atoms with Gasteiger partial charge in [-0.1, -0.05) is 13.2 Å². The van der Waals surface area contributed by atoms with Crippen LogP contribution in [0.1, 0.15) is 13.3 Å². The number of aliphatic carboxylic acids is 2. The van der Waals surface area contributed by atoms with Crippen LogP contribution >= 0.6 is 0 Å². The van der Waals surface area contributed by atoms with Crippen molar-refractivity contribution >= 4 is 11.9 Å². The zero-order chi connectivity index (χ0) is 11.7. The van der Waals surface area contributed by atoms with Crippen LogP contribution < -0.4 is 0 Å². The molecule has 5 nitrogen and oxygen atoms in total. The maximum absolute atomic E-state index is 10.0. The molecule has 0 saturated carbocycles. The van der Waals surface area contributed by atoms with E-state index in [-0.39, 0.29) is 12.0 Å². The summed E-state index contributed by atoms with van der Waals surface area (Å²) in [4.78, 5) is 19.3. The number of carboxylic acids is 2. The summed E-state index contributed by atoms with van der Waals surface area (Å²) < 4.78 is 0. The van der Waals surface area contributed by atoms with Crippen molar-refractivity contribution < 1.29 is 24.9 Å². The molecule has 1 unspecified atom stereocenters. The highest BCUT2D eigenvalue weighted by Crippen LogP contribution is 2.01. The topological polar surface area (TPSA) is 94.8 Å². The number of hydrogen-bond donors (Lipinski definition) is 3. The van der Waals surface area contributed by atoms with Gasteiger partial charge in [-0.25, -0.2) is 9.59 Å². The molecule has 5 heteroatoms. The van der Waals surface area contributed by atoms with Crippen LogP contribution in [0.15, 0.2) is 24.8 Å². The molecule has 0 rings (SSSR count). The third-order valence-electron chi connectivity index (χ3n) is 1.02. The van der Waals surface area contributed by atoms with Gasteiger partial charge in [0.25, 0.3) is 0 Å². The normalized spacial score (nSPS) is 10.4.